The van der Waals surface area contributed by atoms with Crippen LogP contribution >= 0.6 is 0 Å². The first-order valence-electron chi connectivity index (χ1n) is 7.83. The highest BCUT2D eigenvalue weighted by Gasteiger charge is 2.27. The van der Waals surface area contributed by atoms with E-state index in [2.05, 4.69) is 9.71 Å². The molecule has 0 fully saturated rings. The minimum atomic E-state index is -3.67. The van der Waals surface area contributed by atoms with Gasteiger partial charge in [-0.2, -0.15) is 0 Å². The number of hydrogen-bond donors (Lipinski definition) is 2. The molecule has 8 heteroatoms. The summed E-state index contributed by atoms with van der Waals surface area (Å²) < 4.78 is 28.1. The molecule has 3 aromatic rings. The monoisotopic (exact) mass is 369 g/mol. The number of amides is 1. The summed E-state index contributed by atoms with van der Waals surface area (Å²) in [6, 6.07) is 11.6. The van der Waals surface area contributed by atoms with Crippen molar-refractivity contribution in [2.75, 3.05) is 7.05 Å². The highest BCUT2D eigenvalue weighted by molar-refractivity contribution is 7.89. The van der Waals surface area contributed by atoms with Gasteiger partial charge >= 0.3 is 0 Å². The molecule has 7 nitrogen and oxygen atoms in total. The highest BCUT2D eigenvalue weighted by Crippen LogP contribution is 2.35. The van der Waals surface area contributed by atoms with E-state index in [9.17, 15) is 18.3 Å². The molecule has 1 aliphatic rings. The third kappa shape index (κ3) is 2.19. The summed E-state index contributed by atoms with van der Waals surface area (Å²) in [6.07, 6.45) is 0. The van der Waals surface area contributed by atoms with Crippen molar-refractivity contribution in [1.29, 1.82) is 0 Å². The Bertz CT molecular complexity index is 1320. The molecular formula is C18H15N3O4S. The average molecular weight is 369 g/mol. The first-order chi connectivity index (χ1) is 12.3. The Hall–Kier alpha value is -2.97. The van der Waals surface area contributed by atoms with Gasteiger partial charge < -0.3 is 9.67 Å². The molecule has 1 amide bonds. The zero-order chi connectivity index (χ0) is 18.6. The number of aryl methyl sites for hydroxylation is 1. The highest BCUT2D eigenvalue weighted by atomic mass is 32.2. The molecule has 2 heterocycles. The molecular weight excluding hydrogens is 354 g/mol. The van der Waals surface area contributed by atoms with Gasteiger partial charge in [0.25, 0.3) is 5.91 Å². The number of fused-ring (bicyclic) bond motifs is 2. The van der Waals surface area contributed by atoms with Gasteiger partial charge in [-0.05, 0) is 31.3 Å². The lowest BCUT2D eigenvalue weighted by Gasteiger charge is -2.03. The quantitative estimate of drug-likeness (QED) is 0.686. The molecule has 0 saturated carbocycles. The number of carbonyl (C=O) groups is 1. The van der Waals surface area contributed by atoms with Crippen LogP contribution in [0.15, 0.2) is 52.4 Å². The van der Waals surface area contributed by atoms with E-state index in [4.69, 9.17) is 0 Å². The van der Waals surface area contributed by atoms with Crippen LogP contribution < -0.4 is 15.3 Å². The molecule has 0 saturated heterocycles. The minimum absolute atomic E-state index is 0.0286. The van der Waals surface area contributed by atoms with Crippen molar-refractivity contribution < 1.29 is 18.3 Å². The fourth-order valence-electron chi connectivity index (χ4n) is 3.25. The van der Waals surface area contributed by atoms with Gasteiger partial charge in [0, 0.05) is 17.7 Å². The summed E-state index contributed by atoms with van der Waals surface area (Å²) in [4.78, 5) is 16.6. The Labute approximate surface area is 149 Å². The normalized spacial score (nSPS) is 13.9. The van der Waals surface area contributed by atoms with Crippen LogP contribution in [0.5, 0.6) is 5.88 Å². The van der Waals surface area contributed by atoms with Gasteiger partial charge in [0.05, 0.1) is 26.9 Å². The third-order valence-corrected chi connectivity index (χ3v) is 5.99. The molecule has 132 valence electrons. The molecule has 4 rings (SSSR count). The number of nitrogens with zero attached hydrogens (tertiary/aromatic N) is 2. The topological polar surface area (TPSA) is 101 Å². The van der Waals surface area contributed by atoms with E-state index < -0.39 is 15.9 Å². The molecule has 0 spiro atoms. The lowest BCUT2D eigenvalue weighted by atomic mass is 10.0. The van der Waals surface area contributed by atoms with Crippen LogP contribution in [0.3, 0.4) is 0 Å². The van der Waals surface area contributed by atoms with E-state index in [-0.39, 0.29) is 16.3 Å². The van der Waals surface area contributed by atoms with Gasteiger partial charge in [0.15, 0.2) is 5.88 Å². The Morgan fingerprint density at radius 2 is 1.88 bits per heavy atom. The van der Waals surface area contributed by atoms with E-state index in [1.165, 1.54) is 25.2 Å². The number of carbonyl (C=O) groups excluding carboxylic acids is 1. The summed E-state index contributed by atoms with van der Waals surface area (Å²) in [5, 5.41) is 12.1. The summed E-state index contributed by atoms with van der Waals surface area (Å²) in [5.74, 6) is -0.579. The molecule has 0 bridgehead atoms. The van der Waals surface area contributed by atoms with Gasteiger partial charge in [-0.15, -0.1) is 0 Å². The van der Waals surface area contributed by atoms with Gasteiger partial charge in [0.1, 0.15) is 0 Å². The van der Waals surface area contributed by atoms with E-state index in [0.717, 1.165) is 5.52 Å². The first-order valence-corrected chi connectivity index (χ1v) is 9.31. The Morgan fingerprint density at radius 1 is 1.15 bits per heavy atom. The molecule has 2 aromatic carbocycles. The number of benzene rings is 2. The lowest BCUT2D eigenvalue weighted by Crippen LogP contribution is -2.27. The number of rotatable bonds is 3. The van der Waals surface area contributed by atoms with E-state index in [1.54, 1.807) is 17.7 Å². The van der Waals surface area contributed by atoms with Crippen molar-refractivity contribution in [3.05, 3.63) is 58.6 Å². The average Bonchev–Trinajstić information content (AvgIpc) is 3.08. The number of hydrogen-bond acceptors (Lipinski definition) is 4. The molecule has 1 aliphatic heterocycles. The second kappa shape index (κ2) is 5.52. The standard InChI is InChI=1S/C18H15N3O4S/c1-19-26(24,25)10-7-8-13-12(9-10)15(17(22)20-13)16-11-5-3-4-6-14(11)21(2)18(16)23/h3-9,19,23H,1-2H3. The summed E-state index contributed by atoms with van der Waals surface area (Å²) in [6.45, 7) is 0. The van der Waals surface area contributed by atoms with Crippen molar-refractivity contribution in [1.82, 2.24) is 9.29 Å². The molecule has 0 unspecified atom stereocenters. The maximum absolute atomic E-state index is 12.6. The molecule has 1 aromatic heterocycles. The number of nitrogens with one attached hydrogen (secondary N) is 1. The third-order valence-electron chi connectivity index (χ3n) is 4.58. The fraction of sp³-hybridized carbons (Fsp3) is 0.111. The molecule has 0 aliphatic carbocycles. The second-order valence-electron chi connectivity index (χ2n) is 5.95. The molecule has 0 radical (unpaired) electrons. The van der Waals surface area contributed by atoms with Gasteiger partial charge in [-0.3, -0.25) is 4.79 Å². The Kier molecular flexibility index (Phi) is 3.50. The number of aromatic nitrogens is 1. The second-order valence-corrected chi connectivity index (χ2v) is 7.84. The van der Waals surface area contributed by atoms with Crippen LogP contribution in [0.2, 0.25) is 0 Å². The van der Waals surface area contributed by atoms with E-state index in [0.29, 0.717) is 21.5 Å². The van der Waals surface area contributed by atoms with E-state index >= 15 is 0 Å². The molecule has 26 heavy (non-hydrogen) atoms. The number of sulfonamides is 1. The van der Waals surface area contributed by atoms with Crippen LogP contribution in [0.4, 0.5) is 0 Å². The van der Waals surface area contributed by atoms with Crippen LogP contribution in [0, 0.1) is 0 Å². The maximum Gasteiger partial charge on any atom is 0.279 e. The number of aromatic hydroxyl groups is 1. The van der Waals surface area contributed by atoms with Crippen molar-refractivity contribution in [2.24, 2.45) is 12.0 Å². The minimum Gasteiger partial charge on any atom is -0.494 e. The summed E-state index contributed by atoms with van der Waals surface area (Å²) in [7, 11) is -0.660. The van der Waals surface area contributed by atoms with Crippen LogP contribution in [-0.4, -0.2) is 31.0 Å². The SMILES string of the molecule is CNS(=O)(=O)c1ccc2c(c1)=C(c1c(O)n(C)c3ccccc13)C(=O)N=2. The van der Waals surface area contributed by atoms with Gasteiger partial charge in [0.2, 0.25) is 10.0 Å². The fourth-order valence-corrected chi connectivity index (χ4v) is 4.00. The van der Waals surface area contributed by atoms with Crippen molar-refractivity contribution in [3.8, 4) is 5.88 Å². The van der Waals surface area contributed by atoms with Crippen molar-refractivity contribution in [3.63, 3.8) is 0 Å². The van der Waals surface area contributed by atoms with E-state index in [1.807, 2.05) is 18.2 Å². The summed E-state index contributed by atoms with van der Waals surface area (Å²) in [5.41, 5.74) is 1.31. The smallest absolute Gasteiger partial charge is 0.279 e. The Balaban J connectivity index is 2.15. The first kappa shape index (κ1) is 16.5. The van der Waals surface area contributed by atoms with Gasteiger partial charge in [-0.1, -0.05) is 18.2 Å². The van der Waals surface area contributed by atoms with Crippen LogP contribution in [0.1, 0.15) is 5.56 Å². The van der Waals surface area contributed by atoms with Gasteiger partial charge in [-0.25, -0.2) is 18.1 Å². The molecule has 0 atom stereocenters. The van der Waals surface area contributed by atoms with Crippen LogP contribution in [0.25, 0.3) is 16.5 Å². The molecule has 2 N–H and O–H groups in total. The Morgan fingerprint density at radius 3 is 2.62 bits per heavy atom. The van der Waals surface area contributed by atoms with Crippen molar-refractivity contribution >= 4 is 32.4 Å². The zero-order valence-electron chi connectivity index (χ0n) is 14.0. The largest absolute Gasteiger partial charge is 0.494 e. The predicted octanol–water partition coefficient (Wildman–Crippen LogP) is 0.151. The number of para-hydroxylation sites is 1. The summed E-state index contributed by atoms with van der Waals surface area (Å²) >= 11 is 0. The van der Waals surface area contributed by atoms with Crippen LogP contribution in [-0.2, 0) is 21.9 Å². The van der Waals surface area contributed by atoms with Crippen molar-refractivity contribution in [2.45, 2.75) is 4.90 Å². The maximum atomic E-state index is 12.6. The lowest BCUT2D eigenvalue weighted by molar-refractivity contribution is -0.112. The predicted molar refractivity (Wildman–Crippen MR) is 95.6 cm³/mol. The zero-order valence-corrected chi connectivity index (χ0v) is 14.8.